The van der Waals surface area contributed by atoms with Gasteiger partial charge in [-0.15, -0.1) is 0 Å². The number of benzene rings is 1. The molecule has 2 rings (SSSR count). The van der Waals surface area contributed by atoms with Gasteiger partial charge in [0.05, 0.1) is 12.1 Å². The van der Waals surface area contributed by atoms with Gasteiger partial charge in [-0.1, -0.05) is 43.3 Å². The van der Waals surface area contributed by atoms with Gasteiger partial charge in [-0.2, -0.15) is 0 Å². The van der Waals surface area contributed by atoms with Crippen LogP contribution < -0.4 is 5.73 Å². The smallest absolute Gasteiger partial charge is 0.410 e. The first-order valence-electron chi connectivity index (χ1n) is 9.64. The van der Waals surface area contributed by atoms with Crippen molar-refractivity contribution in [1.29, 1.82) is 0 Å². The highest BCUT2D eigenvalue weighted by Gasteiger charge is 2.32. The van der Waals surface area contributed by atoms with Crippen LogP contribution in [0.5, 0.6) is 0 Å². The van der Waals surface area contributed by atoms with Crippen LogP contribution in [0, 0.1) is 0 Å². The summed E-state index contributed by atoms with van der Waals surface area (Å²) in [7, 11) is 0. The lowest BCUT2D eigenvalue weighted by molar-refractivity contribution is -0.00711. The van der Waals surface area contributed by atoms with Crippen LogP contribution >= 0.6 is 0 Å². The molecule has 2 aromatic rings. The number of aliphatic hydroxyl groups excluding tert-OH is 1. The zero-order valence-corrected chi connectivity index (χ0v) is 17.1. The summed E-state index contributed by atoms with van der Waals surface area (Å²) in [5.41, 5.74) is 6.77. The normalized spacial score (nSPS) is 13.6. The standard InChI is InChI=1S/C22H31N3O3/c1-5-18(20(26)17-9-7-6-8-10-17)25(21(27)28-22(2,3)4)14-13-16-11-12-19(23)24-15-16/h6-12,15,18,20,26H,5,13-14H2,1-4H3,(H2,23,24)/t18-,20?/m1/s1. The number of anilines is 1. The largest absolute Gasteiger partial charge is 0.444 e. The summed E-state index contributed by atoms with van der Waals surface area (Å²) in [6.45, 7) is 7.87. The van der Waals surface area contributed by atoms with Crippen molar-refractivity contribution >= 4 is 11.9 Å². The van der Waals surface area contributed by atoms with Gasteiger partial charge in [0, 0.05) is 12.7 Å². The van der Waals surface area contributed by atoms with E-state index < -0.39 is 23.8 Å². The van der Waals surface area contributed by atoms with Crippen LogP contribution in [-0.4, -0.2) is 39.3 Å². The van der Waals surface area contributed by atoms with E-state index in [1.54, 1.807) is 17.2 Å². The summed E-state index contributed by atoms with van der Waals surface area (Å²) in [6, 6.07) is 12.6. The second-order valence-corrected chi connectivity index (χ2v) is 7.85. The topological polar surface area (TPSA) is 88.7 Å². The Balaban J connectivity index is 2.23. The third kappa shape index (κ3) is 6.23. The summed E-state index contributed by atoms with van der Waals surface area (Å²) in [5, 5.41) is 11.0. The van der Waals surface area contributed by atoms with Crippen molar-refractivity contribution < 1.29 is 14.6 Å². The van der Waals surface area contributed by atoms with E-state index in [9.17, 15) is 9.90 Å². The van der Waals surface area contributed by atoms with Gasteiger partial charge in [0.2, 0.25) is 0 Å². The average Bonchev–Trinajstić information content (AvgIpc) is 2.65. The fourth-order valence-corrected chi connectivity index (χ4v) is 3.03. The van der Waals surface area contributed by atoms with E-state index in [2.05, 4.69) is 4.98 Å². The number of hydrogen-bond donors (Lipinski definition) is 2. The molecule has 6 nitrogen and oxygen atoms in total. The number of hydrogen-bond acceptors (Lipinski definition) is 5. The molecular formula is C22H31N3O3. The predicted octanol–water partition coefficient (Wildman–Crippen LogP) is 3.96. The second kappa shape index (κ2) is 9.55. The fraction of sp³-hybridized carbons (Fsp3) is 0.455. The Kier molecular flexibility index (Phi) is 7.40. The molecule has 152 valence electrons. The Labute approximate surface area is 167 Å². The first kappa shape index (κ1) is 21.7. The lowest BCUT2D eigenvalue weighted by Crippen LogP contribution is -2.47. The maximum atomic E-state index is 12.9. The number of carbonyl (C=O) groups excluding carboxylic acids is 1. The first-order valence-corrected chi connectivity index (χ1v) is 9.64. The fourth-order valence-electron chi connectivity index (χ4n) is 3.03. The molecule has 1 unspecified atom stereocenters. The van der Waals surface area contributed by atoms with Crippen molar-refractivity contribution in [2.24, 2.45) is 0 Å². The molecule has 0 radical (unpaired) electrons. The summed E-state index contributed by atoms with van der Waals surface area (Å²) >= 11 is 0. The molecule has 0 fully saturated rings. The molecule has 0 bridgehead atoms. The van der Waals surface area contributed by atoms with E-state index in [-0.39, 0.29) is 0 Å². The number of ether oxygens (including phenoxy) is 1. The molecule has 1 heterocycles. The van der Waals surface area contributed by atoms with Gasteiger partial charge in [-0.25, -0.2) is 9.78 Å². The predicted molar refractivity (Wildman–Crippen MR) is 111 cm³/mol. The second-order valence-electron chi connectivity index (χ2n) is 7.85. The summed E-state index contributed by atoms with van der Waals surface area (Å²) in [6.07, 6.45) is 1.65. The Morgan fingerprint density at radius 3 is 2.43 bits per heavy atom. The molecule has 3 N–H and O–H groups in total. The number of pyridine rings is 1. The van der Waals surface area contributed by atoms with E-state index in [1.807, 2.05) is 64.1 Å². The monoisotopic (exact) mass is 385 g/mol. The minimum absolute atomic E-state index is 0.404. The number of nitrogens with two attached hydrogens (primary N) is 1. The van der Waals surface area contributed by atoms with E-state index >= 15 is 0 Å². The van der Waals surface area contributed by atoms with Crippen LogP contribution in [-0.2, 0) is 11.2 Å². The quantitative estimate of drug-likeness (QED) is 0.753. The van der Waals surface area contributed by atoms with Gasteiger partial charge in [0.1, 0.15) is 11.4 Å². The number of amides is 1. The Bertz CT molecular complexity index is 742. The highest BCUT2D eigenvalue weighted by Crippen LogP contribution is 2.25. The highest BCUT2D eigenvalue weighted by molar-refractivity contribution is 5.68. The molecular weight excluding hydrogens is 354 g/mol. The first-order chi connectivity index (χ1) is 13.2. The Morgan fingerprint density at radius 2 is 1.89 bits per heavy atom. The molecule has 1 aromatic carbocycles. The van der Waals surface area contributed by atoms with Crippen molar-refractivity contribution in [3.05, 3.63) is 59.8 Å². The maximum Gasteiger partial charge on any atom is 0.410 e. The van der Waals surface area contributed by atoms with Crippen LogP contribution in [0.25, 0.3) is 0 Å². The minimum Gasteiger partial charge on any atom is -0.444 e. The van der Waals surface area contributed by atoms with Gasteiger partial charge in [0.25, 0.3) is 0 Å². The van der Waals surface area contributed by atoms with Crippen LogP contribution in [0.3, 0.4) is 0 Å². The molecule has 0 spiro atoms. The van der Waals surface area contributed by atoms with E-state index in [1.165, 1.54) is 0 Å². The third-order valence-corrected chi connectivity index (χ3v) is 4.44. The zero-order chi connectivity index (χ0) is 20.7. The molecule has 0 saturated carbocycles. The molecule has 1 aromatic heterocycles. The summed E-state index contributed by atoms with van der Waals surface area (Å²) in [4.78, 5) is 18.7. The van der Waals surface area contributed by atoms with E-state index in [4.69, 9.17) is 10.5 Å². The van der Waals surface area contributed by atoms with Crippen LogP contribution in [0.4, 0.5) is 10.6 Å². The minimum atomic E-state index is -0.803. The Morgan fingerprint density at radius 1 is 1.21 bits per heavy atom. The summed E-state index contributed by atoms with van der Waals surface area (Å²) < 4.78 is 5.62. The van der Waals surface area contributed by atoms with Gasteiger partial charge in [-0.05, 0) is 50.8 Å². The SMILES string of the molecule is CC[C@H](C(O)c1ccccc1)N(CCc1ccc(N)nc1)C(=O)OC(C)(C)C. The number of aliphatic hydroxyl groups is 1. The van der Waals surface area contributed by atoms with E-state index in [0.717, 1.165) is 11.1 Å². The average molecular weight is 386 g/mol. The van der Waals surface area contributed by atoms with Crippen molar-refractivity contribution in [1.82, 2.24) is 9.88 Å². The zero-order valence-electron chi connectivity index (χ0n) is 17.1. The highest BCUT2D eigenvalue weighted by atomic mass is 16.6. The summed E-state index contributed by atoms with van der Waals surface area (Å²) in [5.74, 6) is 0.457. The van der Waals surface area contributed by atoms with Gasteiger partial charge in [-0.3, -0.25) is 0 Å². The number of nitrogens with zero attached hydrogens (tertiary/aromatic N) is 2. The number of aromatic nitrogens is 1. The molecule has 0 aliphatic rings. The molecule has 0 aliphatic heterocycles. The Hall–Kier alpha value is -2.60. The molecule has 0 saturated heterocycles. The van der Waals surface area contributed by atoms with Crippen LogP contribution in [0.1, 0.15) is 51.3 Å². The number of carbonyl (C=O) groups is 1. The van der Waals surface area contributed by atoms with Crippen molar-refractivity contribution in [3.8, 4) is 0 Å². The van der Waals surface area contributed by atoms with Crippen LogP contribution in [0.15, 0.2) is 48.7 Å². The lowest BCUT2D eigenvalue weighted by Gasteiger charge is -2.36. The molecule has 2 atom stereocenters. The van der Waals surface area contributed by atoms with Gasteiger partial charge < -0.3 is 20.5 Å². The van der Waals surface area contributed by atoms with Gasteiger partial charge in [0.15, 0.2) is 0 Å². The van der Waals surface area contributed by atoms with Gasteiger partial charge >= 0.3 is 6.09 Å². The van der Waals surface area contributed by atoms with E-state index in [0.29, 0.717) is 25.2 Å². The van der Waals surface area contributed by atoms with Crippen molar-refractivity contribution in [2.45, 2.75) is 58.3 Å². The molecule has 0 aliphatic carbocycles. The van der Waals surface area contributed by atoms with Crippen molar-refractivity contribution in [2.75, 3.05) is 12.3 Å². The molecule has 1 amide bonds. The number of nitrogen functional groups attached to an aromatic ring is 1. The third-order valence-electron chi connectivity index (χ3n) is 4.44. The maximum absolute atomic E-state index is 12.9. The molecule has 28 heavy (non-hydrogen) atoms. The van der Waals surface area contributed by atoms with Crippen molar-refractivity contribution in [3.63, 3.8) is 0 Å². The number of rotatable bonds is 7. The molecule has 6 heteroatoms. The van der Waals surface area contributed by atoms with Crippen LogP contribution in [0.2, 0.25) is 0 Å². The lowest BCUT2D eigenvalue weighted by atomic mass is 9.98.